The van der Waals surface area contributed by atoms with E-state index in [0.29, 0.717) is 30.6 Å². The van der Waals surface area contributed by atoms with Gasteiger partial charge in [-0.1, -0.05) is 13.8 Å². The molecule has 0 unspecified atom stereocenters. The number of amides is 3. The molecule has 3 amide bonds. The van der Waals surface area contributed by atoms with Crippen LogP contribution in [0.5, 0.6) is 5.75 Å². The van der Waals surface area contributed by atoms with Crippen molar-refractivity contribution in [2.24, 2.45) is 5.92 Å². The minimum absolute atomic E-state index is 0.107. The van der Waals surface area contributed by atoms with Crippen molar-refractivity contribution in [1.82, 2.24) is 9.62 Å². The number of nitrogens with zero attached hydrogens (tertiary/aromatic N) is 1. The van der Waals surface area contributed by atoms with Gasteiger partial charge in [-0.25, -0.2) is 13.1 Å². The zero-order valence-electron chi connectivity index (χ0n) is 16.8. The summed E-state index contributed by atoms with van der Waals surface area (Å²) in [5.41, 5.74) is 0.735. The maximum atomic E-state index is 12.9. The first-order chi connectivity index (χ1) is 13.5. The summed E-state index contributed by atoms with van der Waals surface area (Å²) >= 11 is 0. The van der Waals surface area contributed by atoms with Crippen LogP contribution in [0.1, 0.15) is 39.2 Å². The lowest BCUT2D eigenvalue weighted by Crippen LogP contribution is -2.47. The molecule has 0 radical (unpaired) electrons. The molecule has 0 aliphatic carbocycles. The molecule has 9 nitrogen and oxygen atoms in total. The van der Waals surface area contributed by atoms with Gasteiger partial charge in [-0.15, -0.1) is 0 Å². The Balaban J connectivity index is 1.88. The van der Waals surface area contributed by atoms with E-state index in [2.05, 4.69) is 10.0 Å². The maximum Gasteiger partial charge on any atom is 0.265 e. The molecule has 29 heavy (non-hydrogen) atoms. The van der Waals surface area contributed by atoms with Crippen LogP contribution >= 0.6 is 0 Å². The van der Waals surface area contributed by atoms with Crippen molar-refractivity contribution in [2.75, 3.05) is 11.9 Å². The lowest BCUT2D eigenvalue weighted by Gasteiger charge is -2.29. The summed E-state index contributed by atoms with van der Waals surface area (Å²) in [5, 5.41) is 2.72. The third-order valence-corrected chi connectivity index (χ3v) is 6.63. The van der Waals surface area contributed by atoms with Crippen LogP contribution in [0, 0.1) is 12.8 Å². The number of hydrogen-bond acceptors (Lipinski definition) is 6. The predicted octanol–water partition coefficient (Wildman–Crippen LogP) is 1.17. The first-order valence-corrected chi connectivity index (χ1v) is 11.0. The largest absolute Gasteiger partial charge is 0.478 e. The fourth-order valence-corrected chi connectivity index (χ4v) is 4.91. The normalized spacial score (nSPS) is 21.4. The first kappa shape index (κ1) is 21.1. The van der Waals surface area contributed by atoms with Crippen molar-refractivity contribution < 1.29 is 27.5 Å². The summed E-state index contributed by atoms with van der Waals surface area (Å²) < 4.78 is 33.6. The molecule has 0 spiro atoms. The van der Waals surface area contributed by atoms with Crippen LogP contribution in [0.2, 0.25) is 0 Å². The lowest BCUT2D eigenvalue weighted by molar-refractivity contribution is -0.136. The summed E-state index contributed by atoms with van der Waals surface area (Å²) in [7, 11) is -4.19. The van der Waals surface area contributed by atoms with Gasteiger partial charge in [0, 0.05) is 19.5 Å². The van der Waals surface area contributed by atoms with E-state index in [1.165, 1.54) is 24.0 Å². The predicted molar refractivity (Wildman–Crippen MR) is 105 cm³/mol. The molecule has 158 valence electrons. The second-order valence-corrected chi connectivity index (χ2v) is 9.38. The Kier molecular flexibility index (Phi) is 5.57. The van der Waals surface area contributed by atoms with Gasteiger partial charge in [0.15, 0.2) is 6.10 Å². The molecular formula is C19H25N3O6S. The van der Waals surface area contributed by atoms with Crippen LogP contribution in [0.15, 0.2) is 17.0 Å². The van der Waals surface area contributed by atoms with Crippen LogP contribution in [0.4, 0.5) is 5.69 Å². The van der Waals surface area contributed by atoms with Crippen LogP contribution in [0.25, 0.3) is 0 Å². The third kappa shape index (κ3) is 4.07. The van der Waals surface area contributed by atoms with Crippen molar-refractivity contribution in [3.8, 4) is 5.75 Å². The number of nitrogens with one attached hydrogen (secondary N) is 2. The number of anilines is 1. The Morgan fingerprint density at radius 3 is 2.62 bits per heavy atom. The number of sulfonamides is 1. The van der Waals surface area contributed by atoms with E-state index in [-0.39, 0.29) is 28.4 Å². The topological polar surface area (TPSA) is 122 Å². The van der Waals surface area contributed by atoms with Crippen molar-refractivity contribution in [1.29, 1.82) is 0 Å². The van der Waals surface area contributed by atoms with E-state index in [0.717, 1.165) is 0 Å². The molecule has 2 heterocycles. The Bertz CT molecular complexity index is 972. The number of likely N-dealkylation sites (tertiary alicyclic amines) is 1. The van der Waals surface area contributed by atoms with E-state index >= 15 is 0 Å². The molecular weight excluding hydrogens is 398 g/mol. The molecule has 1 fully saturated rings. The molecule has 2 N–H and O–H groups in total. The van der Waals surface area contributed by atoms with Crippen LogP contribution in [0.3, 0.4) is 0 Å². The molecule has 10 heteroatoms. The fourth-order valence-electron chi connectivity index (χ4n) is 3.66. The van der Waals surface area contributed by atoms with Crippen LogP contribution < -0.4 is 14.8 Å². The quantitative estimate of drug-likeness (QED) is 0.750. The van der Waals surface area contributed by atoms with Gasteiger partial charge >= 0.3 is 0 Å². The smallest absolute Gasteiger partial charge is 0.265 e. The van der Waals surface area contributed by atoms with Gasteiger partial charge in [0.25, 0.3) is 21.8 Å². The number of hydrogen-bond donors (Lipinski definition) is 2. The fraction of sp³-hybridized carbons (Fsp3) is 0.526. The molecule has 0 aromatic heterocycles. The first-order valence-electron chi connectivity index (χ1n) is 9.47. The number of rotatable bonds is 4. The lowest BCUT2D eigenvalue weighted by atomic mass is 10.0. The number of carbonyl (C=O) groups excluding carboxylic acids is 3. The highest BCUT2D eigenvalue weighted by molar-refractivity contribution is 7.90. The second-order valence-electron chi connectivity index (χ2n) is 7.73. The zero-order chi connectivity index (χ0) is 21.5. The number of aryl methyl sites for hydroxylation is 1. The van der Waals surface area contributed by atoms with Gasteiger partial charge in [-0.3, -0.25) is 14.4 Å². The van der Waals surface area contributed by atoms with E-state index in [9.17, 15) is 22.8 Å². The average molecular weight is 423 g/mol. The van der Waals surface area contributed by atoms with Crippen LogP contribution in [-0.2, 0) is 24.4 Å². The summed E-state index contributed by atoms with van der Waals surface area (Å²) in [6.45, 7) is 6.99. The highest BCUT2D eigenvalue weighted by Crippen LogP contribution is 2.35. The molecule has 1 aromatic carbocycles. The van der Waals surface area contributed by atoms with E-state index in [4.69, 9.17) is 4.74 Å². The van der Waals surface area contributed by atoms with Gasteiger partial charge in [-0.2, -0.15) is 0 Å². The summed E-state index contributed by atoms with van der Waals surface area (Å²) in [5.74, 6) is -1.17. The molecule has 0 saturated carbocycles. The molecule has 2 aliphatic rings. The SMILES string of the molecule is CC(=O)N1CCC[C@H]1C(=O)NS(=O)(=O)c1cc2c(cc1C)NC(=O)[C@@H](C(C)C)O2. The molecule has 2 atom stereocenters. The molecule has 1 saturated heterocycles. The molecule has 1 aromatic rings. The Morgan fingerprint density at radius 2 is 2.00 bits per heavy atom. The molecule has 0 bridgehead atoms. The molecule has 3 rings (SSSR count). The summed E-state index contributed by atoms with van der Waals surface area (Å²) in [4.78, 5) is 37.6. The number of benzene rings is 1. The zero-order valence-corrected chi connectivity index (χ0v) is 17.6. The van der Waals surface area contributed by atoms with Gasteiger partial charge in [0.1, 0.15) is 11.8 Å². The van der Waals surface area contributed by atoms with Crippen molar-refractivity contribution in [3.63, 3.8) is 0 Å². The van der Waals surface area contributed by atoms with Crippen molar-refractivity contribution in [2.45, 2.75) is 57.6 Å². The summed E-state index contributed by atoms with van der Waals surface area (Å²) in [6, 6.07) is 2.01. The Hall–Kier alpha value is -2.62. The minimum Gasteiger partial charge on any atom is -0.478 e. The summed E-state index contributed by atoms with van der Waals surface area (Å²) in [6.07, 6.45) is 0.313. The number of ether oxygens (including phenoxy) is 1. The standard InChI is InChI=1S/C19H25N3O6S/c1-10(2)17-19(25)20-13-8-11(3)16(9-15(13)28-17)29(26,27)21-18(24)14-6-5-7-22(14)12(4)23/h8-10,14,17H,5-7H2,1-4H3,(H,20,25)(H,21,24)/t14-,17+/m0/s1. The van der Waals surface area contributed by atoms with E-state index < -0.39 is 28.1 Å². The van der Waals surface area contributed by atoms with Gasteiger partial charge < -0.3 is 15.0 Å². The van der Waals surface area contributed by atoms with Gasteiger partial charge in [-0.05, 0) is 37.3 Å². The minimum atomic E-state index is -4.19. The van der Waals surface area contributed by atoms with Crippen molar-refractivity contribution in [3.05, 3.63) is 17.7 Å². The number of fused-ring (bicyclic) bond motifs is 1. The highest BCUT2D eigenvalue weighted by atomic mass is 32.2. The monoisotopic (exact) mass is 423 g/mol. The second kappa shape index (κ2) is 7.66. The van der Waals surface area contributed by atoms with E-state index in [1.54, 1.807) is 6.92 Å². The maximum absolute atomic E-state index is 12.9. The highest BCUT2D eigenvalue weighted by Gasteiger charge is 2.36. The third-order valence-electron chi connectivity index (χ3n) is 5.14. The van der Waals surface area contributed by atoms with Crippen molar-refractivity contribution >= 4 is 33.4 Å². The average Bonchev–Trinajstić information content (AvgIpc) is 3.10. The van der Waals surface area contributed by atoms with Gasteiger partial charge in [0.05, 0.1) is 10.6 Å². The van der Waals surface area contributed by atoms with E-state index in [1.807, 2.05) is 13.8 Å². The Morgan fingerprint density at radius 1 is 1.31 bits per heavy atom. The Labute approximate surface area is 169 Å². The van der Waals surface area contributed by atoms with Gasteiger partial charge in [0.2, 0.25) is 5.91 Å². The molecule has 2 aliphatic heterocycles. The number of carbonyl (C=O) groups is 3. The van der Waals surface area contributed by atoms with Crippen LogP contribution in [-0.4, -0.2) is 49.7 Å².